The predicted octanol–water partition coefficient (Wildman–Crippen LogP) is 3.32. The number of hydrogen-bond acceptors (Lipinski definition) is 2. The van der Waals surface area contributed by atoms with Gasteiger partial charge in [-0.15, -0.1) is 0 Å². The molecule has 0 bridgehead atoms. The standard InChI is InChI=1S/C14H17BrN2O/c1-7-5-10(15)13(11(16)6-7)17-14(18)12-8-3-2-4-9(8)12/h5-6,8-9,12H,2-4,16H2,1H3,(H,17,18). The maximum atomic E-state index is 12.2. The van der Waals surface area contributed by atoms with Gasteiger partial charge in [0.15, 0.2) is 0 Å². The van der Waals surface area contributed by atoms with E-state index in [2.05, 4.69) is 21.2 Å². The van der Waals surface area contributed by atoms with E-state index < -0.39 is 0 Å². The third-order valence-electron chi connectivity index (χ3n) is 4.22. The highest BCUT2D eigenvalue weighted by Gasteiger charge is 2.56. The van der Waals surface area contributed by atoms with Crippen molar-refractivity contribution in [1.82, 2.24) is 0 Å². The number of nitrogen functional groups attached to an aromatic ring is 1. The molecule has 4 heteroatoms. The lowest BCUT2D eigenvalue weighted by Gasteiger charge is -2.12. The average molecular weight is 309 g/mol. The fourth-order valence-corrected chi connectivity index (χ4v) is 4.01. The third-order valence-corrected chi connectivity index (χ3v) is 4.85. The van der Waals surface area contributed by atoms with Crippen molar-refractivity contribution in [2.75, 3.05) is 11.1 Å². The molecule has 0 radical (unpaired) electrons. The average Bonchev–Trinajstić information content (AvgIpc) is 2.77. The summed E-state index contributed by atoms with van der Waals surface area (Å²) < 4.78 is 0.860. The zero-order valence-electron chi connectivity index (χ0n) is 10.4. The molecule has 3 N–H and O–H groups in total. The van der Waals surface area contributed by atoms with Crippen molar-refractivity contribution in [3.8, 4) is 0 Å². The van der Waals surface area contributed by atoms with Gasteiger partial charge < -0.3 is 11.1 Å². The van der Waals surface area contributed by atoms with Crippen molar-refractivity contribution in [2.45, 2.75) is 26.2 Å². The van der Waals surface area contributed by atoms with Crippen LogP contribution in [0.5, 0.6) is 0 Å². The van der Waals surface area contributed by atoms with Gasteiger partial charge in [-0.3, -0.25) is 4.79 Å². The van der Waals surface area contributed by atoms with Crippen LogP contribution in [0.15, 0.2) is 16.6 Å². The Kier molecular flexibility index (Phi) is 2.85. The molecule has 2 fully saturated rings. The third kappa shape index (κ3) is 1.92. The Labute approximate surface area is 115 Å². The first kappa shape index (κ1) is 12.0. The van der Waals surface area contributed by atoms with Crippen molar-refractivity contribution >= 4 is 33.2 Å². The van der Waals surface area contributed by atoms with E-state index in [1.165, 1.54) is 19.3 Å². The maximum Gasteiger partial charge on any atom is 0.228 e. The number of aryl methyl sites for hydroxylation is 1. The summed E-state index contributed by atoms with van der Waals surface area (Å²) in [6.45, 7) is 1.98. The Bertz CT molecular complexity index is 482. The second-order valence-electron chi connectivity index (χ2n) is 5.48. The summed E-state index contributed by atoms with van der Waals surface area (Å²) in [6, 6.07) is 3.85. The first-order valence-corrected chi connectivity index (χ1v) is 7.23. The molecular weight excluding hydrogens is 292 g/mol. The van der Waals surface area contributed by atoms with Crippen LogP contribution in [0.4, 0.5) is 11.4 Å². The Morgan fingerprint density at radius 1 is 1.39 bits per heavy atom. The molecule has 1 aromatic carbocycles. The highest BCUT2D eigenvalue weighted by atomic mass is 79.9. The fraction of sp³-hybridized carbons (Fsp3) is 0.500. The highest BCUT2D eigenvalue weighted by molar-refractivity contribution is 9.10. The van der Waals surface area contributed by atoms with Crippen molar-refractivity contribution < 1.29 is 4.79 Å². The van der Waals surface area contributed by atoms with Crippen molar-refractivity contribution in [1.29, 1.82) is 0 Å². The maximum absolute atomic E-state index is 12.2. The first-order valence-electron chi connectivity index (χ1n) is 6.44. The minimum atomic E-state index is 0.140. The van der Waals surface area contributed by atoms with Gasteiger partial charge >= 0.3 is 0 Å². The molecule has 0 heterocycles. The molecule has 3 nitrogen and oxygen atoms in total. The van der Waals surface area contributed by atoms with Crippen molar-refractivity contribution in [3.05, 3.63) is 22.2 Å². The summed E-state index contributed by atoms with van der Waals surface area (Å²) in [5.41, 5.74) is 8.39. The molecule has 1 aromatic rings. The number of anilines is 2. The van der Waals surface area contributed by atoms with Crippen LogP contribution in [-0.4, -0.2) is 5.91 Å². The van der Waals surface area contributed by atoms with Gasteiger partial charge in [0.1, 0.15) is 0 Å². The molecule has 18 heavy (non-hydrogen) atoms. The summed E-state index contributed by atoms with van der Waals surface area (Å²) in [4.78, 5) is 12.2. The van der Waals surface area contributed by atoms with E-state index in [0.29, 0.717) is 17.5 Å². The van der Waals surface area contributed by atoms with Gasteiger partial charge in [0.2, 0.25) is 5.91 Å². The van der Waals surface area contributed by atoms with Gasteiger partial charge in [-0.2, -0.15) is 0 Å². The van der Waals surface area contributed by atoms with Crippen LogP contribution in [0, 0.1) is 24.7 Å². The second kappa shape index (κ2) is 4.26. The molecule has 2 aliphatic carbocycles. The minimum absolute atomic E-state index is 0.140. The lowest BCUT2D eigenvalue weighted by molar-refractivity contribution is -0.118. The summed E-state index contributed by atoms with van der Waals surface area (Å²) >= 11 is 3.46. The van der Waals surface area contributed by atoms with E-state index in [9.17, 15) is 4.79 Å². The SMILES string of the molecule is Cc1cc(N)c(NC(=O)C2C3CCCC32)c(Br)c1. The quantitative estimate of drug-likeness (QED) is 0.823. The topological polar surface area (TPSA) is 55.1 Å². The Balaban J connectivity index is 1.75. The molecule has 96 valence electrons. The number of benzene rings is 1. The number of nitrogens with two attached hydrogens (primary N) is 1. The number of amides is 1. The van der Waals surface area contributed by atoms with Crippen molar-refractivity contribution in [2.24, 2.45) is 17.8 Å². The van der Waals surface area contributed by atoms with E-state index in [1.807, 2.05) is 19.1 Å². The second-order valence-corrected chi connectivity index (χ2v) is 6.34. The number of halogens is 1. The van der Waals surface area contributed by atoms with E-state index in [-0.39, 0.29) is 11.8 Å². The molecule has 0 saturated heterocycles. The van der Waals surface area contributed by atoms with Crippen LogP contribution in [0.2, 0.25) is 0 Å². The van der Waals surface area contributed by atoms with Crippen LogP contribution in [0.3, 0.4) is 0 Å². The number of rotatable bonds is 2. The van der Waals surface area contributed by atoms with Crippen LogP contribution >= 0.6 is 15.9 Å². The summed E-state index contributed by atoms with van der Waals surface area (Å²) in [5, 5.41) is 2.99. The Morgan fingerprint density at radius 3 is 2.67 bits per heavy atom. The largest absolute Gasteiger partial charge is 0.397 e. The molecule has 2 aliphatic rings. The van der Waals surface area contributed by atoms with Crippen LogP contribution in [0.25, 0.3) is 0 Å². The van der Waals surface area contributed by atoms with Gasteiger partial charge in [-0.05, 0) is 65.2 Å². The Hall–Kier alpha value is -1.03. The molecule has 2 unspecified atom stereocenters. The van der Waals surface area contributed by atoms with Crippen molar-refractivity contribution in [3.63, 3.8) is 0 Å². The summed E-state index contributed by atoms with van der Waals surface area (Å²) in [7, 11) is 0. The van der Waals surface area contributed by atoms with E-state index >= 15 is 0 Å². The lowest BCUT2D eigenvalue weighted by Crippen LogP contribution is -2.18. The van der Waals surface area contributed by atoms with E-state index in [1.54, 1.807) is 0 Å². The number of fused-ring (bicyclic) bond motifs is 1. The molecule has 0 aromatic heterocycles. The van der Waals surface area contributed by atoms with Gasteiger partial charge in [0.05, 0.1) is 11.4 Å². The van der Waals surface area contributed by atoms with Gasteiger partial charge in [-0.1, -0.05) is 6.42 Å². The first-order chi connectivity index (χ1) is 8.58. The normalized spacial score (nSPS) is 28.9. The van der Waals surface area contributed by atoms with Crippen LogP contribution < -0.4 is 11.1 Å². The number of nitrogens with one attached hydrogen (secondary N) is 1. The fourth-order valence-electron chi connectivity index (χ4n) is 3.32. The monoisotopic (exact) mass is 308 g/mol. The van der Waals surface area contributed by atoms with Gasteiger partial charge in [0.25, 0.3) is 0 Å². The predicted molar refractivity (Wildman–Crippen MR) is 76.2 cm³/mol. The summed E-state index contributed by atoms with van der Waals surface area (Å²) in [5.74, 6) is 1.64. The van der Waals surface area contributed by atoms with E-state index in [0.717, 1.165) is 15.7 Å². The number of hydrogen-bond donors (Lipinski definition) is 2. The molecule has 2 saturated carbocycles. The zero-order chi connectivity index (χ0) is 12.9. The smallest absolute Gasteiger partial charge is 0.228 e. The molecule has 0 aliphatic heterocycles. The lowest BCUT2D eigenvalue weighted by atomic mass is 10.1. The molecule has 0 spiro atoms. The van der Waals surface area contributed by atoms with Gasteiger partial charge in [0, 0.05) is 10.4 Å². The highest BCUT2D eigenvalue weighted by Crippen LogP contribution is 2.57. The molecule has 1 amide bonds. The molecular formula is C14H17BrN2O. The number of carbonyl (C=O) groups is 1. The van der Waals surface area contributed by atoms with Crippen LogP contribution in [0.1, 0.15) is 24.8 Å². The van der Waals surface area contributed by atoms with Crippen LogP contribution in [-0.2, 0) is 4.79 Å². The Morgan fingerprint density at radius 2 is 2.06 bits per heavy atom. The molecule has 2 atom stereocenters. The zero-order valence-corrected chi connectivity index (χ0v) is 12.0. The van der Waals surface area contributed by atoms with Gasteiger partial charge in [-0.25, -0.2) is 0 Å². The summed E-state index contributed by atoms with van der Waals surface area (Å²) in [6.07, 6.45) is 3.72. The number of carbonyl (C=O) groups excluding carboxylic acids is 1. The van der Waals surface area contributed by atoms with E-state index in [4.69, 9.17) is 5.73 Å². The minimum Gasteiger partial charge on any atom is -0.397 e. The molecule has 3 rings (SSSR count).